The number of fused-ring (bicyclic) bond motifs is 3. The molecule has 8 nitrogen and oxygen atoms in total. The molecule has 3 aliphatic rings. The maximum absolute atomic E-state index is 15.2. The molecule has 2 atom stereocenters. The summed E-state index contributed by atoms with van der Waals surface area (Å²) in [5, 5.41) is 12.5. The van der Waals surface area contributed by atoms with E-state index in [4.69, 9.17) is 0 Å². The zero-order valence-corrected chi connectivity index (χ0v) is 21.3. The number of aromatic hydroxyl groups is 1. The second kappa shape index (κ2) is 9.16. The van der Waals surface area contributed by atoms with Crippen molar-refractivity contribution in [1.82, 2.24) is 14.5 Å². The second-order valence-corrected chi connectivity index (χ2v) is 10.6. The Labute approximate surface area is 221 Å². The summed E-state index contributed by atoms with van der Waals surface area (Å²) >= 11 is 1.38. The predicted octanol–water partition coefficient (Wildman–Crippen LogP) is 3.20. The fourth-order valence-corrected chi connectivity index (χ4v) is 6.69. The first-order valence-corrected chi connectivity index (χ1v) is 13.2. The number of nitrogens with zero attached hydrogens (tertiary/aromatic N) is 4. The third kappa shape index (κ3) is 3.67. The van der Waals surface area contributed by atoms with Crippen LogP contribution in [0.4, 0.5) is 8.78 Å². The van der Waals surface area contributed by atoms with E-state index in [1.54, 1.807) is 17.0 Å². The number of thioether (sulfide) groups is 1. The molecule has 11 heteroatoms. The van der Waals surface area contributed by atoms with Gasteiger partial charge in [-0.15, -0.1) is 11.8 Å². The van der Waals surface area contributed by atoms with Gasteiger partial charge in [-0.1, -0.05) is 24.3 Å². The lowest BCUT2D eigenvalue weighted by Crippen LogP contribution is -2.64. The lowest BCUT2D eigenvalue weighted by molar-refractivity contribution is -0.128. The van der Waals surface area contributed by atoms with Crippen molar-refractivity contribution in [3.8, 4) is 5.75 Å². The summed E-state index contributed by atoms with van der Waals surface area (Å²) in [4.78, 5) is 42.4. The number of rotatable bonds is 3. The van der Waals surface area contributed by atoms with Crippen molar-refractivity contribution in [2.45, 2.75) is 35.7 Å². The van der Waals surface area contributed by atoms with Gasteiger partial charge in [0.15, 0.2) is 23.1 Å². The minimum Gasteiger partial charge on any atom is -0.502 e. The predicted molar refractivity (Wildman–Crippen MR) is 136 cm³/mol. The van der Waals surface area contributed by atoms with Crippen LogP contribution in [0.2, 0.25) is 0 Å². The number of carbonyl (C=O) groups excluding carboxylic acids is 2. The zero-order chi connectivity index (χ0) is 26.7. The van der Waals surface area contributed by atoms with E-state index >= 15 is 4.39 Å². The molecule has 4 heterocycles. The van der Waals surface area contributed by atoms with Crippen LogP contribution in [-0.4, -0.2) is 57.7 Å². The molecule has 2 aromatic carbocycles. The summed E-state index contributed by atoms with van der Waals surface area (Å²) in [6.45, 7) is 0.680. The molecule has 2 amide bonds. The van der Waals surface area contributed by atoms with Crippen LogP contribution in [0, 0.1) is 11.6 Å². The van der Waals surface area contributed by atoms with Crippen molar-refractivity contribution >= 4 is 23.6 Å². The van der Waals surface area contributed by atoms with E-state index in [1.807, 2.05) is 24.3 Å². The molecule has 1 saturated heterocycles. The molecule has 6 rings (SSSR count). The Balaban J connectivity index is 1.64. The number of halogens is 2. The third-order valence-electron chi connectivity index (χ3n) is 7.51. The van der Waals surface area contributed by atoms with Crippen molar-refractivity contribution in [2.24, 2.45) is 0 Å². The lowest BCUT2D eigenvalue weighted by Gasteiger charge is -2.49. The maximum Gasteiger partial charge on any atom is 0.277 e. The summed E-state index contributed by atoms with van der Waals surface area (Å²) in [5.41, 5.74) is 0.524. The van der Waals surface area contributed by atoms with Gasteiger partial charge < -0.3 is 14.9 Å². The van der Waals surface area contributed by atoms with Crippen LogP contribution in [0.15, 0.2) is 58.4 Å². The number of aromatic nitrogens is 1. The molecule has 196 valence electrons. The van der Waals surface area contributed by atoms with Crippen molar-refractivity contribution in [3.63, 3.8) is 0 Å². The van der Waals surface area contributed by atoms with Gasteiger partial charge in [0.2, 0.25) is 11.3 Å². The first kappa shape index (κ1) is 24.5. The van der Waals surface area contributed by atoms with Gasteiger partial charge in [0, 0.05) is 48.5 Å². The normalized spacial score (nSPS) is 20.8. The van der Waals surface area contributed by atoms with Gasteiger partial charge in [0.05, 0.1) is 12.6 Å². The number of carbonyl (C=O) groups is 2. The highest BCUT2D eigenvalue weighted by Crippen LogP contribution is 2.45. The maximum atomic E-state index is 15.2. The molecule has 1 fully saturated rings. The summed E-state index contributed by atoms with van der Waals surface area (Å²) in [7, 11) is 1.55. The van der Waals surface area contributed by atoms with Gasteiger partial charge in [0.1, 0.15) is 6.17 Å². The first-order chi connectivity index (χ1) is 18.3. The van der Waals surface area contributed by atoms with Gasteiger partial charge in [-0.25, -0.2) is 8.78 Å². The Morgan fingerprint density at radius 1 is 1.05 bits per heavy atom. The Morgan fingerprint density at radius 3 is 2.61 bits per heavy atom. The van der Waals surface area contributed by atoms with Crippen LogP contribution >= 0.6 is 11.8 Å². The quantitative estimate of drug-likeness (QED) is 0.552. The number of likely N-dealkylation sites (N-methyl/N-ethyl adjacent to an activating group) is 1. The average molecular weight is 539 g/mol. The van der Waals surface area contributed by atoms with Crippen LogP contribution in [0.25, 0.3) is 0 Å². The topological polar surface area (TPSA) is 86.1 Å². The number of amides is 2. The number of benzene rings is 2. The molecular weight excluding hydrogens is 514 g/mol. The molecule has 0 bridgehead atoms. The SMILES string of the molecule is CN1C(=O)c2c(O)c(=O)ccn2N([C@@H]2c3ccccc3SCc3c2ccc(F)c3F)C1CN1CCCC1=O. The first-order valence-electron chi connectivity index (χ1n) is 12.2. The van der Waals surface area contributed by atoms with Gasteiger partial charge in [-0.05, 0) is 29.7 Å². The van der Waals surface area contributed by atoms with Crippen LogP contribution in [0.1, 0.15) is 46.1 Å². The van der Waals surface area contributed by atoms with E-state index in [0.717, 1.165) is 22.6 Å². The molecule has 3 aliphatic heterocycles. The lowest BCUT2D eigenvalue weighted by atomic mass is 9.93. The molecule has 1 aromatic heterocycles. The van der Waals surface area contributed by atoms with Crippen LogP contribution < -0.4 is 10.4 Å². The molecular formula is C27H24F2N4O4S. The summed E-state index contributed by atoms with van der Waals surface area (Å²) < 4.78 is 31.1. The molecule has 1 unspecified atom stereocenters. The smallest absolute Gasteiger partial charge is 0.277 e. The van der Waals surface area contributed by atoms with Crippen molar-refractivity contribution in [1.29, 1.82) is 0 Å². The van der Waals surface area contributed by atoms with E-state index in [2.05, 4.69) is 0 Å². The van der Waals surface area contributed by atoms with Crippen LogP contribution in [-0.2, 0) is 10.5 Å². The monoisotopic (exact) mass is 538 g/mol. The largest absolute Gasteiger partial charge is 0.502 e. The molecule has 0 radical (unpaired) electrons. The highest BCUT2D eigenvalue weighted by atomic mass is 32.2. The van der Waals surface area contributed by atoms with E-state index in [9.17, 15) is 23.9 Å². The van der Waals surface area contributed by atoms with Crippen molar-refractivity contribution in [2.75, 3.05) is 25.1 Å². The molecule has 0 spiro atoms. The minimum absolute atomic E-state index is 0.0373. The Morgan fingerprint density at radius 2 is 1.84 bits per heavy atom. The number of pyridine rings is 1. The highest BCUT2D eigenvalue weighted by Gasteiger charge is 2.45. The molecule has 0 aliphatic carbocycles. The minimum atomic E-state index is -0.957. The van der Waals surface area contributed by atoms with Gasteiger partial charge in [0.25, 0.3) is 5.91 Å². The van der Waals surface area contributed by atoms with E-state index < -0.39 is 40.9 Å². The van der Waals surface area contributed by atoms with Crippen LogP contribution in [0.3, 0.4) is 0 Å². The molecule has 38 heavy (non-hydrogen) atoms. The van der Waals surface area contributed by atoms with Crippen LogP contribution in [0.5, 0.6) is 5.75 Å². The summed E-state index contributed by atoms with van der Waals surface area (Å²) in [6, 6.07) is 10.5. The fourth-order valence-electron chi connectivity index (χ4n) is 5.58. The standard InChI is InChI=1S/C27H24F2N4O4S/c1-30-21(13-31-11-4-7-22(31)35)33(32-12-10-19(34)26(36)25(32)27(30)37)24-15-8-9-18(28)23(29)17(15)14-38-20-6-3-2-5-16(20)24/h2-3,5-6,8-10,12,21,24,36H,4,7,11,13-14H2,1H3/t21?,24-/m0/s1. The van der Waals surface area contributed by atoms with Crippen molar-refractivity contribution in [3.05, 3.63) is 92.9 Å². The zero-order valence-electron chi connectivity index (χ0n) is 20.4. The summed E-state index contributed by atoms with van der Waals surface area (Å²) in [6.07, 6.45) is 1.76. The third-order valence-corrected chi connectivity index (χ3v) is 8.63. The van der Waals surface area contributed by atoms with Gasteiger partial charge >= 0.3 is 0 Å². The Bertz CT molecular complexity index is 1540. The number of hydrogen-bond donors (Lipinski definition) is 1. The van der Waals surface area contributed by atoms with Gasteiger partial charge in [-0.3, -0.25) is 24.1 Å². The fraction of sp³-hybridized carbons (Fsp3) is 0.296. The Kier molecular flexibility index (Phi) is 5.90. The van der Waals surface area contributed by atoms with E-state index in [0.29, 0.717) is 24.9 Å². The second-order valence-electron chi connectivity index (χ2n) is 9.60. The Hall–Kier alpha value is -3.86. The number of hydrogen-bond acceptors (Lipinski definition) is 6. The average Bonchev–Trinajstić information content (AvgIpc) is 3.23. The molecule has 3 aromatic rings. The highest BCUT2D eigenvalue weighted by molar-refractivity contribution is 7.98. The van der Waals surface area contributed by atoms with Gasteiger partial charge in [-0.2, -0.15) is 0 Å². The van der Waals surface area contributed by atoms with E-state index in [1.165, 1.54) is 33.6 Å². The van der Waals surface area contributed by atoms with E-state index in [-0.39, 0.29) is 29.5 Å². The van der Waals surface area contributed by atoms with Crippen molar-refractivity contribution < 1.29 is 23.5 Å². The molecule has 1 N–H and O–H groups in total. The summed E-state index contributed by atoms with van der Waals surface area (Å²) in [5.74, 6) is -3.04. The molecule has 0 saturated carbocycles. The number of likely N-dealkylation sites (tertiary alicyclic amines) is 1.